The minimum absolute atomic E-state index is 0.478. The summed E-state index contributed by atoms with van der Waals surface area (Å²) >= 11 is 0. The fourth-order valence-corrected chi connectivity index (χ4v) is 5.00. The molecule has 1 unspecified atom stereocenters. The van der Waals surface area contributed by atoms with Crippen molar-refractivity contribution >= 4 is 5.65 Å². The second-order valence-corrected chi connectivity index (χ2v) is 9.14. The topological polar surface area (TPSA) is 45.5 Å². The quantitative estimate of drug-likeness (QED) is 0.403. The fourth-order valence-electron chi connectivity index (χ4n) is 5.00. The number of piperidine rings is 1. The molecule has 0 amide bonds. The van der Waals surface area contributed by atoms with Gasteiger partial charge in [0.15, 0.2) is 5.65 Å². The lowest BCUT2D eigenvalue weighted by molar-refractivity contribution is 0.197. The van der Waals surface area contributed by atoms with Crippen LogP contribution in [0.15, 0.2) is 72.9 Å². The third-order valence-electron chi connectivity index (χ3n) is 6.75. The fraction of sp³-hybridized carbons (Fsp3) is 0.357. The molecule has 1 saturated heterocycles. The lowest BCUT2D eigenvalue weighted by Gasteiger charge is -2.33. The molecule has 1 aliphatic heterocycles. The number of aryl methyl sites for hydroxylation is 1. The van der Waals surface area contributed by atoms with E-state index in [4.69, 9.17) is 10.1 Å². The first-order chi connectivity index (χ1) is 16.3. The summed E-state index contributed by atoms with van der Waals surface area (Å²) in [5.74, 6) is 0.478. The summed E-state index contributed by atoms with van der Waals surface area (Å²) < 4.78 is 2.11. The van der Waals surface area contributed by atoms with Crippen LogP contribution in [0.3, 0.4) is 0 Å². The van der Waals surface area contributed by atoms with Gasteiger partial charge >= 0.3 is 0 Å². The Morgan fingerprint density at radius 3 is 2.52 bits per heavy atom. The predicted molar refractivity (Wildman–Crippen MR) is 133 cm³/mol. The molecule has 1 N–H and O–H groups in total. The Morgan fingerprint density at radius 2 is 1.73 bits per heavy atom. The third kappa shape index (κ3) is 5.15. The maximum atomic E-state index is 4.93. The van der Waals surface area contributed by atoms with Gasteiger partial charge in [0.1, 0.15) is 0 Å². The van der Waals surface area contributed by atoms with Crippen LogP contribution in [-0.4, -0.2) is 39.1 Å². The Morgan fingerprint density at radius 1 is 0.970 bits per heavy atom. The first-order valence-electron chi connectivity index (χ1n) is 12.1. The highest BCUT2D eigenvalue weighted by Crippen LogP contribution is 2.29. The highest BCUT2D eigenvalue weighted by molar-refractivity contribution is 5.50. The second-order valence-electron chi connectivity index (χ2n) is 9.14. The van der Waals surface area contributed by atoms with Crippen LogP contribution in [0.4, 0.5) is 0 Å². The lowest BCUT2D eigenvalue weighted by Crippen LogP contribution is -2.34. The molecule has 4 aromatic rings. The number of aromatic nitrogens is 3. The van der Waals surface area contributed by atoms with Crippen molar-refractivity contribution in [2.45, 2.75) is 45.2 Å². The zero-order valence-corrected chi connectivity index (χ0v) is 19.5. The molecule has 2 aromatic carbocycles. The highest BCUT2D eigenvalue weighted by Gasteiger charge is 2.25. The third-order valence-corrected chi connectivity index (χ3v) is 6.75. The zero-order valence-electron chi connectivity index (χ0n) is 19.5. The van der Waals surface area contributed by atoms with Crippen molar-refractivity contribution in [1.82, 2.24) is 24.8 Å². The van der Waals surface area contributed by atoms with E-state index in [9.17, 15) is 0 Å². The van der Waals surface area contributed by atoms with E-state index >= 15 is 0 Å². The molecule has 1 atom stereocenters. The van der Waals surface area contributed by atoms with Gasteiger partial charge < -0.3 is 5.32 Å². The molecule has 1 aliphatic rings. The van der Waals surface area contributed by atoms with Gasteiger partial charge in [0.05, 0.1) is 11.4 Å². The van der Waals surface area contributed by atoms with E-state index in [1.54, 1.807) is 0 Å². The summed E-state index contributed by atoms with van der Waals surface area (Å²) in [5, 5.41) is 8.53. The smallest absolute Gasteiger partial charge is 0.159 e. The van der Waals surface area contributed by atoms with Crippen molar-refractivity contribution in [3.05, 3.63) is 101 Å². The Bertz CT molecular complexity index is 1170. The molecule has 2 aromatic heterocycles. The van der Waals surface area contributed by atoms with Gasteiger partial charge in [-0.15, -0.1) is 0 Å². The molecule has 0 bridgehead atoms. The van der Waals surface area contributed by atoms with Crippen LogP contribution in [0.5, 0.6) is 0 Å². The van der Waals surface area contributed by atoms with Crippen molar-refractivity contribution < 1.29 is 0 Å². The number of benzene rings is 2. The van der Waals surface area contributed by atoms with Gasteiger partial charge in [-0.3, -0.25) is 4.90 Å². The van der Waals surface area contributed by atoms with E-state index in [1.807, 2.05) is 6.20 Å². The van der Waals surface area contributed by atoms with Gasteiger partial charge in [-0.05, 0) is 56.5 Å². The monoisotopic (exact) mass is 439 g/mol. The van der Waals surface area contributed by atoms with Crippen LogP contribution in [-0.2, 0) is 19.5 Å². The zero-order chi connectivity index (χ0) is 22.5. The number of rotatable bonds is 8. The summed E-state index contributed by atoms with van der Waals surface area (Å²) in [5.41, 5.74) is 7.31. The van der Waals surface area contributed by atoms with Gasteiger partial charge in [-0.1, -0.05) is 60.7 Å². The van der Waals surface area contributed by atoms with E-state index in [1.165, 1.54) is 35.2 Å². The highest BCUT2D eigenvalue weighted by atomic mass is 15.3. The minimum Gasteiger partial charge on any atom is -0.312 e. The summed E-state index contributed by atoms with van der Waals surface area (Å²) in [6.07, 6.45) is 5.41. The molecule has 1 fully saturated rings. The van der Waals surface area contributed by atoms with Gasteiger partial charge in [0, 0.05) is 37.3 Å². The summed E-state index contributed by atoms with van der Waals surface area (Å²) in [6, 6.07) is 23.6. The molecule has 170 valence electrons. The maximum absolute atomic E-state index is 4.93. The van der Waals surface area contributed by atoms with Crippen molar-refractivity contribution in [2.75, 3.05) is 19.6 Å². The number of nitrogens with one attached hydrogen (secondary N) is 1. The summed E-state index contributed by atoms with van der Waals surface area (Å²) in [6.45, 7) is 7.09. The van der Waals surface area contributed by atoms with Crippen molar-refractivity contribution in [3.8, 4) is 0 Å². The van der Waals surface area contributed by atoms with Gasteiger partial charge in [-0.25, -0.2) is 9.50 Å². The van der Waals surface area contributed by atoms with Crippen LogP contribution in [0.1, 0.15) is 46.8 Å². The lowest BCUT2D eigenvalue weighted by atomic mass is 9.94. The molecule has 33 heavy (non-hydrogen) atoms. The molecule has 5 heteroatoms. The van der Waals surface area contributed by atoms with E-state index in [0.29, 0.717) is 5.92 Å². The van der Waals surface area contributed by atoms with Crippen LogP contribution in [0.2, 0.25) is 0 Å². The van der Waals surface area contributed by atoms with Crippen molar-refractivity contribution in [3.63, 3.8) is 0 Å². The molecule has 5 nitrogen and oxygen atoms in total. The molecule has 0 aliphatic carbocycles. The van der Waals surface area contributed by atoms with Crippen molar-refractivity contribution in [1.29, 1.82) is 0 Å². The number of hydrogen-bond acceptors (Lipinski definition) is 4. The molecule has 5 rings (SSSR count). The first kappa shape index (κ1) is 21.8. The van der Waals surface area contributed by atoms with Gasteiger partial charge in [0.2, 0.25) is 0 Å². The summed E-state index contributed by atoms with van der Waals surface area (Å²) in [7, 11) is 0. The van der Waals surface area contributed by atoms with Crippen LogP contribution in [0, 0.1) is 6.92 Å². The predicted octanol–water partition coefficient (Wildman–Crippen LogP) is 4.75. The SMILES string of the molecule is Cc1nn2c(C3CCCN(Cc4ccccc4)C3)ccnc2c1CNCCc1ccccc1. The number of nitrogens with zero attached hydrogens (tertiary/aromatic N) is 4. The van der Waals surface area contributed by atoms with E-state index in [0.717, 1.165) is 50.5 Å². The van der Waals surface area contributed by atoms with E-state index in [2.05, 4.69) is 88.4 Å². The average Bonchev–Trinajstić information content (AvgIpc) is 3.18. The van der Waals surface area contributed by atoms with Crippen molar-refractivity contribution in [2.24, 2.45) is 0 Å². The molecule has 0 saturated carbocycles. The van der Waals surface area contributed by atoms with Crippen LogP contribution >= 0.6 is 0 Å². The Hall–Kier alpha value is -3.02. The largest absolute Gasteiger partial charge is 0.312 e. The van der Waals surface area contributed by atoms with Crippen LogP contribution in [0.25, 0.3) is 5.65 Å². The Labute approximate surface area is 196 Å². The van der Waals surface area contributed by atoms with Gasteiger partial charge in [0.25, 0.3) is 0 Å². The Balaban J connectivity index is 1.28. The average molecular weight is 440 g/mol. The minimum atomic E-state index is 0.478. The molecule has 0 spiro atoms. The van der Waals surface area contributed by atoms with E-state index in [-0.39, 0.29) is 0 Å². The molecular weight excluding hydrogens is 406 g/mol. The number of hydrogen-bond donors (Lipinski definition) is 1. The summed E-state index contributed by atoms with van der Waals surface area (Å²) in [4.78, 5) is 7.31. The van der Waals surface area contributed by atoms with E-state index < -0.39 is 0 Å². The Kier molecular flexibility index (Phi) is 6.79. The first-order valence-corrected chi connectivity index (χ1v) is 12.1. The standard InChI is InChI=1S/C28H33N5/c1-22-26(19-29-16-14-23-9-4-2-5-10-23)28-30-17-15-27(33(28)31-22)25-13-8-18-32(21-25)20-24-11-6-3-7-12-24/h2-7,9-12,15,17,25,29H,8,13-14,16,18-21H2,1H3. The second kappa shape index (κ2) is 10.3. The number of fused-ring (bicyclic) bond motifs is 1. The number of likely N-dealkylation sites (tertiary alicyclic amines) is 1. The van der Waals surface area contributed by atoms with Crippen LogP contribution < -0.4 is 5.32 Å². The molecule has 0 radical (unpaired) electrons. The molecule has 3 heterocycles. The maximum Gasteiger partial charge on any atom is 0.159 e. The molecular formula is C28H33N5. The normalized spacial score (nSPS) is 16.9. The van der Waals surface area contributed by atoms with Gasteiger partial charge in [-0.2, -0.15) is 5.10 Å².